The lowest BCUT2D eigenvalue weighted by Crippen LogP contribution is -2.48. The maximum Gasteiger partial charge on any atom is 0.246 e. The molecule has 2 aliphatic rings. The van der Waals surface area contributed by atoms with E-state index in [2.05, 4.69) is 26.8 Å². The summed E-state index contributed by atoms with van der Waals surface area (Å²) < 4.78 is 30.5. The molecule has 10 heteroatoms. The molecule has 33 heavy (non-hydrogen) atoms. The van der Waals surface area contributed by atoms with Gasteiger partial charge in [-0.1, -0.05) is 24.2 Å². The monoisotopic (exact) mass is 468 g/mol. The summed E-state index contributed by atoms with van der Waals surface area (Å²) >= 11 is 6.60. The van der Waals surface area contributed by atoms with Crippen LogP contribution in [0, 0.1) is 12.7 Å². The third kappa shape index (κ3) is 3.43. The van der Waals surface area contributed by atoms with E-state index in [1.807, 2.05) is 4.90 Å². The summed E-state index contributed by atoms with van der Waals surface area (Å²) in [5, 5.41) is 7.99. The van der Waals surface area contributed by atoms with Gasteiger partial charge < -0.3 is 9.80 Å². The van der Waals surface area contributed by atoms with Crippen LogP contribution in [0.25, 0.3) is 22.0 Å². The first-order valence-electron chi connectivity index (χ1n) is 10.4. The molecule has 0 aliphatic carbocycles. The number of aryl methyl sites for hydroxylation is 1. The number of benzene rings is 2. The lowest BCUT2D eigenvalue weighted by Gasteiger charge is -2.35. The summed E-state index contributed by atoms with van der Waals surface area (Å²) in [6, 6.07) is 5.00. The molecule has 1 aromatic heterocycles. The van der Waals surface area contributed by atoms with Gasteiger partial charge in [0.05, 0.1) is 10.7 Å². The number of aromatic nitrogens is 2. The Morgan fingerprint density at radius 2 is 1.97 bits per heavy atom. The molecule has 0 saturated carbocycles. The number of hydrogen-bond acceptors (Lipinski definition) is 6. The fraction of sp³-hybridized carbons (Fsp3) is 0.261. The number of alkyl halides is 1. The molecule has 1 saturated heterocycles. The molecular formula is C23H19ClF2N6O. The van der Waals surface area contributed by atoms with Gasteiger partial charge >= 0.3 is 0 Å². The van der Waals surface area contributed by atoms with Crippen molar-refractivity contribution in [3.05, 3.63) is 59.1 Å². The normalized spacial score (nSPS) is 17.5. The Bertz CT molecular complexity index is 1340. The molecule has 1 fully saturated rings. The molecule has 2 aromatic carbocycles. The van der Waals surface area contributed by atoms with Gasteiger partial charge in [0.1, 0.15) is 17.7 Å². The Morgan fingerprint density at radius 3 is 2.70 bits per heavy atom. The zero-order valence-electron chi connectivity index (χ0n) is 17.7. The van der Waals surface area contributed by atoms with Crippen LogP contribution in [0.2, 0.25) is 5.02 Å². The Kier molecular flexibility index (Phi) is 5.28. The lowest BCUT2D eigenvalue weighted by atomic mass is 9.92. The molecule has 7 nitrogen and oxygen atoms in total. The number of fused-ring (bicyclic) bond motifs is 2. The zero-order valence-corrected chi connectivity index (χ0v) is 18.5. The number of carbonyl (C=O) groups excluding carboxylic acids is 1. The minimum atomic E-state index is -1.68. The van der Waals surface area contributed by atoms with Gasteiger partial charge in [-0.15, -0.1) is 5.11 Å². The molecule has 5 rings (SSSR count). The summed E-state index contributed by atoms with van der Waals surface area (Å²) in [5.41, 5.74) is 1.71. The minimum absolute atomic E-state index is 0.0690. The van der Waals surface area contributed by atoms with Crippen LogP contribution in [0.15, 0.2) is 47.4 Å². The van der Waals surface area contributed by atoms with Crippen LogP contribution in [-0.4, -0.2) is 47.0 Å². The van der Waals surface area contributed by atoms with Gasteiger partial charge in [-0.05, 0) is 36.3 Å². The number of nitrogens with zero attached hydrogens (tertiary/aromatic N) is 6. The second kappa shape index (κ2) is 8.15. The minimum Gasteiger partial charge on any atom is -0.352 e. The molecule has 0 N–H and O–H groups in total. The SMILES string of the molecule is C=CC(=O)N1CCN(c2ncnc3c(F)c(-c4c(C)ccc5c4C(F)N=N5)c(Cl)cc23)CC1. The van der Waals surface area contributed by atoms with Crippen molar-refractivity contribution in [3.63, 3.8) is 0 Å². The molecule has 1 amide bonds. The maximum atomic E-state index is 15.9. The maximum absolute atomic E-state index is 15.9. The highest BCUT2D eigenvalue weighted by atomic mass is 35.5. The largest absolute Gasteiger partial charge is 0.352 e. The number of hydrogen-bond donors (Lipinski definition) is 0. The van der Waals surface area contributed by atoms with Crippen molar-refractivity contribution in [3.8, 4) is 11.1 Å². The van der Waals surface area contributed by atoms with Crippen LogP contribution >= 0.6 is 11.6 Å². The molecule has 0 spiro atoms. The van der Waals surface area contributed by atoms with Crippen LogP contribution in [0.4, 0.5) is 20.3 Å². The Labute approximate surface area is 193 Å². The van der Waals surface area contributed by atoms with Crippen LogP contribution in [0.5, 0.6) is 0 Å². The highest BCUT2D eigenvalue weighted by Crippen LogP contribution is 2.48. The highest BCUT2D eigenvalue weighted by molar-refractivity contribution is 6.34. The van der Waals surface area contributed by atoms with Crippen molar-refractivity contribution >= 4 is 39.9 Å². The molecule has 0 bridgehead atoms. The van der Waals surface area contributed by atoms with Gasteiger partial charge in [0.2, 0.25) is 12.2 Å². The van der Waals surface area contributed by atoms with E-state index in [-0.39, 0.29) is 27.6 Å². The first kappa shape index (κ1) is 21.4. The average Bonchev–Trinajstić information content (AvgIpc) is 3.20. The third-order valence-electron chi connectivity index (χ3n) is 6.05. The van der Waals surface area contributed by atoms with Gasteiger partial charge in [-0.2, -0.15) is 5.11 Å². The lowest BCUT2D eigenvalue weighted by molar-refractivity contribution is -0.126. The van der Waals surface area contributed by atoms with E-state index in [0.29, 0.717) is 54.2 Å². The Morgan fingerprint density at radius 1 is 1.21 bits per heavy atom. The number of amides is 1. The van der Waals surface area contributed by atoms with Gasteiger partial charge in [-0.25, -0.2) is 18.7 Å². The number of azo groups is 1. The number of halogens is 3. The van der Waals surface area contributed by atoms with Gasteiger partial charge in [0.15, 0.2) is 5.82 Å². The van der Waals surface area contributed by atoms with Gasteiger partial charge in [0, 0.05) is 42.7 Å². The summed E-state index contributed by atoms with van der Waals surface area (Å²) in [6.07, 6.45) is 0.901. The predicted molar refractivity (Wildman–Crippen MR) is 122 cm³/mol. The zero-order chi connectivity index (χ0) is 23.3. The Balaban J connectivity index is 1.61. The topological polar surface area (TPSA) is 74.1 Å². The van der Waals surface area contributed by atoms with E-state index in [1.54, 1.807) is 30.0 Å². The van der Waals surface area contributed by atoms with E-state index in [4.69, 9.17) is 11.6 Å². The summed E-state index contributed by atoms with van der Waals surface area (Å²) in [6.45, 7) is 7.30. The average molecular weight is 469 g/mol. The van der Waals surface area contributed by atoms with Gasteiger partial charge in [-0.3, -0.25) is 4.79 Å². The van der Waals surface area contributed by atoms with Crippen LogP contribution < -0.4 is 4.90 Å². The molecule has 0 radical (unpaired) electrons. The molecule has 168 valence electrons. The molecule has 3 heterocycles. The van der Waals surface area contributed by atoms with Crippen LogP contribution in [-0.2, 0) is 4.79 Å². The quantitative estimate of drug-likeness (QED) is 0.386. The number of rotatable bonds is 3. The van der Waals surface area contributed by atoms with E-state index in [0.717, 1.165) is 0 Å². The number of anilines is 1. The van der Waals surface area contributed by atoms with Crippen molar-refractivity contribution in [2.75, 3.05) is 31.1 Å². The van der Waals surface area contributed by atoms with Crippen LogP contribution in [0.1, 0.15) is 17.4 Å². The molecule has 3 aromatic rings. The predicted octanol–water partition coefficient (Wildman–Crippen LogP) is 5.30. The molecular weight excluding hydrogens is 450 g/mol. The van der Waals surface area contributed by atoms with Crippen molar-refractivity contribution in [2.45, 2.75) is 13.2 Å². The smallest absolute Gasteiger partial charge is 0.246 e. The Hall–Kier alpha value is -3.46. The third-order valence-corrected chi connectivity index (χ3v) is 6.35. The molecule has 1 atom stereocenters. The summed E-state index contributed by atoms with van der Waals surface area (Å²) in [4.78, 5) is 24.1. The standard InChI is InChI=1S/C23H19ClF2N6O/c1-3-16(33)31-6-8-32(9-7-31)23-13-10-14(24)18(20(25)21(13)27-11-28-23)17-12(2)4-5-15-19(17)22(26)30-29-15/h3-5,10-11,22H,1,6-9H2,2H3. The van der Waals surface area contributed by atoms with Crippen molar-refractivity contribution < 1.29 is 13.6 Å². The van der Waals surface area contributed by atoms with E-state index >= 15 is 4.39 Å². The van der Waals surface area contributed by atoms with Crippen molar-refractivity contribution in [1.29, 1.82) is 0 Å². The fourth-order valence-electron chi connectivity index (χ4n) is 4.41. The van der Waals surface area contributed by atoms with E-state index in [9.17, 15) is 9.18 Å². The van der Waals surface area contributed by atoms with E-state index < -0.39 is 12.1 Å². The second-order valence-electron chi connectivity index (χ2n) is 7.90. The number of piperazine rings is 1. The van der Waals surface area contributed by atoms with Crippen LogP contribution in [0.3, 0.4) is 0 Å². The first-order valence-corrected chi connectivity index (χ1v) is 10.8. The molecule has 1 unspecified atom stereocenters. The fourth-order valence-corrected chi connectivity index (χ4v) is 4.70. The van der Waals surface area contributed by atoms with E-state index in [1.165, 1.54) is 12.4 Å². The first-order chi connectivity index (χ1) is 15.9. The number of carbonyl (C=O) groups is 1. The molecule has 2 aliphatic heterocycles. The summed E-state index contributed by atoms with van der Waals surface area (Å²) in [5.74, 6) is -0.255. The summed E-state index contributed by atoms with van der Waals surface area (Å²) in [7, 11) is 0. The van der Waals surface area contributed by atoms with Crippen molar-refractivity contribution in [2.24, 2.45) is 10.2 Å². The second-order valence-corrected chi connectivity index (χ2v) is 8.31. The highest BCUT2D eigenvalue weighted by Gasteiger charge is 2.30. The van der Waals surface area contributed by atoms with Gasteiger partial charge in [0.25, 0.3) is 0 Å². The van der Waals surface area contributed by atoms with Crippen molar-refractivity contribution in [1.82, 2.24) is 14.9 Å².